The van der Waals surface area contributed by atoms with Crippen molar-refractivity contribution in [2.24, 2.45) is 5.41 Å². The monoisotopic (exact) mass is 901 g/mol. The Bertz CT molecular complexity index is 4220. The van der Waals surface area contributed by atoms with Crippen LogP contribution >= 0.6 is 0 Å². The topological polar surface area (TPSA) is 3.24 Å². The normalized spacial score (nSPS) is 15.1. The van der Waals surface area contributed by atoms with E-state index in [4.69, 9.17) is 0 Å². The molecule has 0 aliphatic heterocycles. The van der Waals surface area contributed by atoms with Gasteiger partial charge in [0.2, 0.25) is 0 Å². The molecular formula is C70H47N. The lowest BCUT2D eigenvalue weighted by Gasteiger charge is -2.32. The van der Waals surface area contributed by atoms with Crippen LogP contribution in [-0.2, 0) is 5.41 Å². The van der Waals surface area contributed by atoms with Crippen LogP contribution in [0, 0.1) is 5.41 Å². The van der Waals surface area contributed by atoms with Crippen molar-refractivity contribution in [3.63, 3.8) is 0 Å². The molecule has 0 atom stereocenters. The summed E-state index contributed by atoms with van der Waals surface area (Å²) >= 11 is 0. The second kappa shape index (κ2) is 14.9. The summed E-state index contributed by atoms with van der Waals surface area (Å²) < 4.78 is 0. The first-order chi connectivity index (χ1) is 34.9. The van der Waals surface area contributed by atoms with Gasteiger partial charge >= 0.3 is 0 Å². The van der Waals surface area contributed by atoms with Crippen molar-refractivity contribution in [1.82, 2.24) is 0 Å². The third kappa shape index (κ3) is 5.69. The number of nitrogens with zero attached hydrogens (tertiary/aromatic N) is 1. The van der Waals surface area contributed by atoms with Gasteiger partial charge in [-0.3, -0.25) is 0 Å². The number of anilines is 3. The van der Waals surface area contributed by atoms with Crippen LogP contribution in [-0.4, -0.2) is 0 Å². The third-order valence-corrected chi connectivity index (χ3v) is 16.2. The van der Waals surface area contributed by atoms with E-state index < -0.39 is 5.41 Å². The second-order valence-electron chi connectivity index (χ2n) is 20.4. The van der Waals surface area contributed by atoms with Crippen molar-refractivity contribution in [2.75, 3.05) is 4.90 Å². The minimum Gasteiger partial charge on any atom is -0.310 e. The van der Waals surface area contributed by atoms with Crippen molar-refractivity contribution in [3.8, 4) is 33.4 Å². The molecule has 0 fully saturated rings. The van der Waals surface area contributed by atoms with Gasteiger partial charge in [0.25, 0.3) is 0 Å². The molecule has 0 saturated heterocycles. The largest absolute Gasteiger partial charge is 0.310 e. The van der Waals surface area contributed by atoms with Gasteiger partial charge in [-0.1, -0.05) is 202 Å². The van der Waals surface area contributed by atoms with E-state index in [1.807, 2.05) is 0 Å². The number of fused-ring (bicyclic) bond motifs is 18. The zero-order chi connectivity index (χ0) is 47.0. The lowest BCUT2D eigenvalue weighted by molar-refractivity contribution is 0.647. The fourth-order valence-corrected chi connectivity index (χ4v) is 13.3. The van der Waals surface area contributed by atoms with E-state index in [1.54, 1.807) is 0 Å². The Kier molecular flexibility index (Phi) is 8.40. The Hall–Kier alpha value is -8.78. The summed E-state index contributed by atoms with van der Waals surface area (Å²) in [6.07, 6.45) is 7.34. The first-order valence-electron chi connectivity index (χ1n) is 25.0. The molecule has 332 valence electrons. The van der Waals surface area contributed by atoms with Gasteiger partial charge in [0.15, 0.2) is 0 Å². The molecule has 71 heavy (non-hydrogen) atoms. The van der Waals surface area contributed by atoms with Crippen LogP contribution in [0.2, 0.25) is 0 Å². The van der Waals surface area contributed by atoms with E-state index in [1.165, 1.54) is 121 Å². The number of rotatable bonds is 5. The maximum Gasteiger partial charge on any atom is 0.0726 e. The van der Waals surface area contributed by atoms with Crippen LogP contribution in [0.5, 0.6) is 0 Å². The molecule has 11 aromatic rings. The Balaban J connectivity index is 0.868. The summed E-state index contributed by atoms with van der Waals surface area (Å²) in [5, 5.41) is 10.5. The van der Waals surface area contributed by atoms with Crippen molar-refractivity contribution >= 4 is 66.6 Å². The van der Waals surface area contributed by atoms with Gasteiger partial charge in [-0.2, -0.15) is 0 Å². The minimum atomic E-state index is -0.434. The SMILES string of the molecule is CC1(C)C=C(c2ccc(N(c3ccc(-c4ccccc4)cc3)c3ccc4c(c3)C3(c5ccccc5-c5ccccc53)c3ccccc3-4)cc2)C=C2C=c3cc4c5ccccc5c5ccccc5c4cc3=C21. The molecule has 15 rings (SSSR count). The van der Waals surface area contributed by atoms with Crippen LogP contribution in [0.4, 0.5) is 17.1 Å². The van der Waals surface area contributed by atoms with Crippen LogP contribution in [0.3, 0.4) is 0 Å². The van der Waals surface area contributed by atoms with Gasteiger partial charge in [0.05, 0.1) is 5.41 Å². The summed E-state index contributed by atoms with van der Waals surface area (Å²) in [5.41, 5.74) is 20.9. The molecule has 1 spiro atoms. The molecule has 4 aliphatic rings. The molecule has 1 heteroatoms. The molecule has 0 amide bonds. The van der Waals surface area contributed by atoms with Gasteiger partial charge < -0.3 is 4.90 Å². The molecule has 0 N–H and O–H groups in total. The van der Waals surface area contributed by atoms with Crippen LogP contribution in [0.25, 0.3) is 82.9 Å². The van der Waals surface area contributed by atoms with Crippen LogP contribution < -0.4 is 15.3 Å². The van der Waals surface area contributed by atoms with Gasteiger partial charge in [0, 0.05) is 22.5 Å². The van der Waals surface area contributed by atoms with Crippen LogP contribution in [0.1, 0.15) is 41.7 Å². The standard InChI is InChI=1S/C70H47N/c1-69(2)43-49(39-48-38-47-40-62-55-20-8-6-18-53(55)54-19-7-9-21-56(54)63(62)42-61(47)68(48)69)46-30-34-51(35-31-46)71(50-32-28-45(29-33-50)44-16-4-3-5-17-44)52-36-37-60-59-24-12-15-27-66(59)70(67(60)41-52)64-25-13-10-22-57(64)58-23-11-14-26-65(58)70/h3-43H,1-2H3. The Morgan fingerprint density at radius 1 is 0.324 bits per heavy atom. The van der Waals surface area contributed by atoms with Gasteiger partial charge in [0.1, 0.15) is 0 Å². The zero-order valence-corrected chi connectivity index (χ0v) is 39.6. The molecule has 0 saturated carbocycles. The summed E-state index contributed by atoms with van der Waals surface area (Å²) in [7, 11) is 0. The van der Waals surface area contributed by atoms with Crippen molar-refractivity contribution in [1.29, 1.82) is 0 Å². The smallest absolute Gasteiger partial charge is 0.0726 e. The fraction of sp³-hybridized carbons (Fsp3) is 0.0571. The molecule has 0 bridgehead atoms. The zero-order valence-electron chi connectivity index (χ0n) is 39.6. The second-order valence-corrected chi connectivity index (χ2v) is 20.4. The first-order valence-corrected chi connectivity index (χ1v) is 25.0. The van der Waals surface area contributed by atoms with Crippen LogP contribution in [0.15, 0.2) is 248 Å². The average Bonchev–Trinajstić information content (AvgIpc) is 4.06. The van der Waals surface area contributed by atoms with Gasteiger partial charge in [-0.25, -0.2) is 0 Å². The molecule has 11 aromatic carbocycles. The number of hydrogen-bond acceptors (Lipinski definition) is 1. The number of allylic oxidation sites excluding steroid dienone is 4. The highest BCUT2D eigenvalue weighted by atomic mass is 15.1. The molecular weight excluding hydrogens is 855 g/mol. The summed E-state index contributed by atoms with van der Waals surface area (Å²) in [4.78, 5) is 2.45. The van der Waals surface area contributed by atoms with E-state index in [0.717, 1.165) is 17.1 Å². The van der Waals surface area contributed by atoms with Gasteiger partial charge in [-0.05, 0) is 181 Å². The molecule has 4 aliphatic carbocycles. The minimum absolute atomic E-state index is 0.192. The first kappa shape index (κ1) is 40.1. The predicted octanol–water partition coefficient (Wildman–Crippen LogP) is 16.6. The summed E-state index contributed by atoms with van der Waals surface area (Å²) in [6, 6.07) is 86.2. The lowest BCUT2D eigenvalue weighted by atomic mass is 9.70. The highest BCUT2D eigenvalue weighted by Gasteiger charge is 2.51. The molecule has 0 radical (unpaired) electrons. The van der Waals surface area contributed by atoms with Crippen molar-refractivity contribution < 1.29 is 0 Å². The lowest BCUT2D eigenvalue weighted by Crippen LogP contribution is -2.28. The molecule has 1 nitrogen and oxygen atoms in total. The average molecular weight is 902 g/mol. The quantitative estimate of drug-likeness (QED) is 0.156. The van der Waals surface area contributed by atoms with E-state index >= 15 is 0 Å². The third-order valence-electron chi connectivity index (χ3n) is 16.2. The van der Waals surface area contributed by atoms with E-state index in [2.05, 4.69) is 267 Å². The number of hydrogen-bond donors (Lipinski definition) is 0. The van der Waals surface area contributed by atoms with E-state index in [-0.39, 0.29) is 5.41 Å². The van der Waals surface area contributed by atoms with Gasteiger partial charge in [-0.15, -0.1) is 0 Å². The molecule has 0 unspecified atom stereocenters. The Morgan fingerprint density at radius 3 is 1.35 bits per heavy atom. The predicted molar refractivity (Wildman–Crippen MR) is 299 cm³/mol. The van der Waals surface area contributed by atoms with E-state index in [9.17, 15) is 0 Å². The highest BCUT2D eigenvalue weighted by Crippen LogP contribution is 2.63. The van der Waals surface area contributed by atoms with E-state index in [0.29, 0.717) is 0 Å². The highest BCUT2D eigenvalue weighted by molar-refractivity contribution is 6.25. The Labute approximate surface area is 414 Å². The fourth-order valence-electron chi connectivity index (χ4n) is 13.3. The maximum absolute atomic E-state index is 2.49. The molecule has 0 aromatic heterocycles. The number of benzene rings is 11. The van der Waals surface area contributed by atoms with Crippen molar-refractivity contribution in [2.45, 2.75) is 19.3 Å². The summed E-state index contributed by atoms with van der Waals surface area (Å²) in [6.45, 7) is 4.77. The Morgan fingerprint density at radius 2 is 0.775 bits per heavy atom. The van der Waals surface area contributed by atoms with Crippen molar-refractivity contribution in [3.05, 3.63) is 287 Å². The summed E-state index contributed by atoms with van der Waals surface area (Å²) in [5.74, 6) is 0. The molecule has 0 heterocycles. The maximum atomic E-state index is 2.49.